The fourth-order valence-corrected chi connectivity index (χ4v) is 2.85. The first-order valence-corrected chi connectivity index (χ1v) is 8.75. The topological polar surface area (TPSA) is 38.1 Å². The maximum absolute atomic E-state index is 13.2. The second-order valence-electron chi connectivity index (χ2n) is 6.15. The normalized spacial score (nSPS) is 10.8. The number of hydrogen-bond donors (Lipinski definition) is 0. The largest absolute Gasteiger partial charge is 0.338 e. The van der Waals surface area contributed by atoms with Gasteiger partial charge in [0.25, 0.3) is 5.91 Å². The molecule has 3 rings (SSSR count). The van der Waals surface area contributed by atoms with Gasteiger partial charge in [0.05, 0.1) is 11.4 Å². The van der Waals surface area contributed by atoms with Gasteiger partial charge in [0.15, 0.2) is 0 Å². The van der Waals surface area contributed by atoms with E-state index in [0.29, 0.717) is 24.5 Å². The van der Waals surface area contributed by atoms with Crippen molar-refractivity contribution in [1.82, 2.24) is 14.7 Å². The quantitative estimate of drug-likeness (QED) is 0.680. The summed E-state index contributed by atoms with van der Waals surface area (Å²) in [4.78, 5) is 14.7. The van der Waals surface area contributed by atoms with Crippen LogP contribution >= 0.6 is 0 Å². The van der Waals surface area contributed by atoms with Crippen LogP contribution in [0.15, 0.2) is 54.6 Å². The number of nitrogens with zero attached hydrogens (tertiary/aromatic N) is 3. The lowest BCUT2D eigenvalue weighted by Gasteiger charge is -2.19. The van der Waals surface area contributed by atoms with E-state index in [0.717, 1.165) is 16.8 Å². The van der Waals surface area contributed by atoms with E-state index in [4.69, 9.17) is 0 Å². The number of carbonyl (C=O) groups excluding carboxylic acids is 1. The molecule has 2 aromatic carbocycles. The summed E-state index contributed by atoms with van der Waals surface area (Å²) in [6.45, 7) is 7.17. The molecule has 26 heavy (non-hydrogen) atoms. The van der Waals surface area contributed by atoms with Gasteiger partial charge in [0.2, 0.25) is 0 Å². The van der Waals surface area contributed by atoms with Gasteiger partial charge in [-0.2, -0.15) is 5.10 Å². The Hall–Kier alpha value is -2.95. The van der Waals surface area contributed by atoms with Gasteiger partial charge in [-0.05, 0) is 63.2 Å². The van der Waals surface area contributed by atoms with Crippen molar-refractivity contribution in [2.24, 2.45) is 0 Å². The molecule has 0 aliphatic rings. The van der Waals surface area contributed by atoms with Crippen molar-refractivity contribution in [2.45, 2.75) is 20.8 Å². The Labute approximate surface area is 152 Å². The second kappa shape index (κ2) is 7.52. The number of hydrogen-bond acceptors (Lipinski definition) is 2. The number of aromatic nitrogens is 2. The molecule has 0 spiro atoms. The Morgan fingerprint density at radius 2 is 1.65 bits per heavy atom. The summed E-state index contributed by atoms with van der Waals surface area (Å²) in [6, 6.07) is 15.8. The molecule has 0 bridgehead atoms. The third-order valence-electron chi connectivity index (χ3n) is 4.40. The third kappa shape index (κ3) is 3.52. The predicted molar refractivity (Wildman–Crippen MR) is 101 cm³/mol. The van der Waals surface area contributed by atoms with Crippen molar-refractivity contribution >= 4 is 5.91 Å². The predicted octanol–water partition coefficient (Wildman–Crippen LogP) is 4.47. The minimum absolute atomic E-state index is 0.0727. The summed E-state index contributed by atoms with van der Waals surface area (Å²) in [7, 11) is 0. The lowest BCUT2D eigenvalue weighted by atomic mass is 10.1. The third-order valence-corrected chi connectivity index (χ3v) is 4.40. The first kappa shape index (κ1) is 17.9. The summed E-state index contributed by atoms with van der Waals surface area (Å²) in [6.07, 6.45) is 0. The smallest absolute Gasteiger partial charge is 0.272 e. The first-order valence-electron chi connectivity index (χ1n) is 8.75. The molecule has 1 heterocycles. The molecule has 1 amide bonds. The molecule has 0 fully saturated rings. The molecule has 0 aliphatic heterocycles. The molecule has 0 radical (unpaired) electrons. The summed E-state index contributed by atoms with van der Waals surface area (Å²) < 4.78 is 14.9. The summed E-state index contributed by atoms with van der Waals surface area (Å²) in [5.74, 6) is -0.373. The molecule has 0 saturated carbocycles. The van der Waals surface area contributed by atoms with Crippen LogP contribution in [0.5, 0.6) is 0 Å². The highest BCUT2D eigenvalue weighted by Crippen LogP contribution is 2.23. The molecule has 3 aromatic rings. The zero-order valence-electron chi connectivity index (χ0n) is 15.2. The van der Waals surface area contributed by atoms with Crippen LogP contribution in [-0.2, 0) is 0 Å². The molecule has 0 N–H and O–H groups in total. The molecule has 4 nitrogen and oxygen atoms in total. The number of carbonyl (C=O) groups is 1. The van der Waals surface area contributed by atoms with Crippen LogP contribution in [0, 0.1) is 12.7 Å². The van der Waals surface area contributed by atoms with Crippen molar-refractivity contribution < 1.29 is 9.18 Å². The van der Waals surface area contributed by atoms with Crippen LogP contribution in [0.4, 0.5) is 4.39 Å². The highest BCUT2D eigenvalue weighted by molar-refractivity contribution is 5.94. The minimum Gasteiger partial charge on any atom is -0.338 e. The van der Waals surface area contributed by atoms with Gasteiger partial charge < -0.3 is 4.90 Å². The van der Waals surface area contributed by atoms with Gasteiger partial charge >= 0.3 is 0 Å². The Morgan fingerprint density at radius 3 is 2.23 bits per heavy atom. The Balaban J connectivity index is 2.12. The SMILES string of the molecule is CCN(CC)C(=O)c1cc(-c2ccc(F)cc2)nn1-c1ccc(C)cc1. The van der Waals surface area contributed by atoms with Crippen LogP contribution < -0.4 is 0 Å². The van der Waals surface area contributed by atoms with Crippen molar-refractivity contribution in [1.29, 1.82) is 0 Å². The Bertz CT molecular complexity index is 894. The monoisotopic (exact) mass is 351 g/mol. The maximum atomic E-state index is 13.2. The van der Waals surface area contributed by atoms with E-state index >= 15 is 0 Å². The Morgan fingerprint density at radius 1 is 1.04 bits per heavy atom. The average molecular weight is 351 g/mol. The molecule has 0 saturated heterocycles. The van der Waals surface area contributed by atoms with Crippen LogP contribution in [0.3, 0.4) is 0 Å². The van der Waals surface area contributed by atoms with E-state index in [1.807, 2.05) is 45.0 Å². The van der Waals surface area contributed by atoms with E-state index in [-0.39, 0.29) is 11.7 Å². The minimum atomic E-state index is -0.300. The van der Waals surface area contributed by atoms with E-state index in [9.17, 15) is 9.18 Å². The zero-order chi connectivity index (χ0) is 18.7. The fourth-order valence-electron chi connectivity index (χ4n) is 2.85. The molecular weight excluding hydrogens is 329 g/mol. The van der Waals surface area contributed by atoms with Crippen molar-refractivity contribution in [2.75, 3.05) is 13.1 Å². The zero-order valence-corrected chi connectivity index (χ0v) is 15.2. The van der Waals surface area contributed by atoms with Crippen LogP contribution in [-0.4, -0.2) is 33.7 Å². The van der Waals surface area contributed by atoms with E-state index < -0.39 is 0 Å². The van der Waals surface area contributed by atoms with Crippen LogP contribution in [0.2, 0.25) is 0 Å². The summed E-state index contributed by atoms with van der Waals surface area (Å²) in [5, 5.41) is 4.63. The van der Waals surface area contributed by atoms with E-state index in [1.165, 1.54) is 12.1 Å². The molecule has 1 aromatic heterocycles. The van der Waals surface area contributed by atoms with Gasteiger partial charge in [-0.15, -0.1) is 0 Å². The second-order valence-corrected chi connectivity index (χ2v) is 6.15. The molecule has 0 atom stereocenters. The summed E-state index contributed by atoms with van der Waals surface area (Å²) >= 11 is 0. The van der Waals surface area contributed by atoms with E-state index in [2.05, 4.69) is 5.10 Å². The van der Waals surface area contributed by atoms with E-state index in [1.54, 1.807) is 27.8 Å². The molecule has 134 valence electrons. The lowest BCUT2D eigenvalue weighted by molar-refractivity contribution is 0.0764. The van der Waals surface area contributed by atoms with Gasteiger partial charge in [0.1, 0.15) is 11.5 Å². The number of amides is 1. The first-order chi connectivity index (χ1) is 12.5. The number of rotatable bonds is 5. The highest BCUT2D eigenvalue weighted by Gasteiger charge is 2.21. The standard InChI is InChI=1S/C21H22FN3O/c1-4-24(5-2)21(26)20-14-19(16-8-10-17(22)11-9-16)23-25(20)18-12-6-15(3)7-13-18/h6-14H,4-5H2,1-3H3. The fraction of sp³-hybridized carbons (Fsp3) is 0.238. The maximum Gasteiger partial charge on any atom is 0.272 e. The highest BCUT2D eigenvalue weighted by atomic mass is 19.1. The number of halogens is 1. The molecule has 0 unspecified atom stereocenters. The van der Waals surface area contributed by atoms with Gasteiger partial charge in [-0.3, -0.25) is 4.79 Å². The number of aryl methyl sites for hydroxylation is 1. The van der Waals surface area contributed by atoms with Gasteiger partial charge in [-0.25, -0.2) is 9.07 Å². The van der Waals surface area contributed by atoms with Crippen molar-refractivity contribution in [3.8, 4) is 16.9 Å². The van der Waals surface area contributed by atoms with Crippen LogP contribution in [0.1, 0.15) is 29.9 Å². The van der Waals surface area contributed by atoms with Gasteiger partial charge in [-0.1, -0.05) is 17.7 Å². The molecule has 0 aliphatic carbocycles. The number of benzene rings is 2. The molecular formula is C21H22FN3O. The summed E-state index contributed by atoms with van der Waals surface area (Å²) in [5.41, 5.74) is 3.86. The van der Waals surface area contributed by atoms with Crippen LogP contribution in [0.25, 0.3) is 16.9 Å². The Kier molecular flexibility index (Phi) is 5.16. The lowest BCUT2D eigenvalue weighted by Crippen LogP contribution is -2.32. The average Bonchev–Trinajstić information content (AvgIpc) is 3.09. The van der Waals surface area contributed by atoms with Crippen molar-refractivity contribution in [3.05, 3.63) is 71.7 Å². The van der Waals surface area contributed by atoms with Gasteiger partial charge in [0, 0.05) is 18.7 Å². The molecule has 5 heteroatoms. The van der Waals surface area contributed by atoms with Crippen molar-refractivity contribution in [3.63, 3.8) is 0 Å².